The summed E-state index contributed by atoms with van der Waals surface area (Å²) >= 11 is 0. The highest BCUT2D eigenvalue weighted by molar-refractivity contribution is 7.47. The predicted octanol–water partition coefficient (Wildman–Crippen LogP) is 25.2. The highest BCUT2D eigenvalue weighted by Crippen LogP contribution is 2.45. The fourth-order valence-corrected chi connectivity index (χ4v) is 14.5. The number of hydrogen-bond donors (Lipinski definition) is 3. The first-order chi connectivity index (χ1) is 49.5. The summed E-state index contributed by atoms with van der Waals surface area (Å²) in [6, 6.07) is 0. The third-order valence-electron chi connectivity index (χ3n) is 19.5. The molecule has 2 unspecified atom stereocenters. The molecule has 0 aromatic carbocycles. The molecule has 0 rings (SSSR count). The zero-order chi connectivity index (χ0) is 74.8. The maximum Gasteiger partial charge on any atom is 0.472 e. The van der Waals surface area contributed by atoms with Gasteiger partial charge in [0.05, 0.1) is 26.4 Å². The number of phosphoric ester groups is 2. The molecule has 0 aromatic rings. The second kappa shape index (κ2) is 75.9. The SMILES string of the molecule is CCCCCCCCCCCCCCCCCCCCCCC(=O)O[C@H](COC(=O)CCCCCCCCCCCCCCCCCCC(C)C)COP(=O)(O)OC[C@@H](O)COP(=O)(O)OC[C@@H](COC(=O)CCCCCCCCCCCC)OC(=O)CCCCCCCCCCCCCCC. The molecule has 0 amide bonds. The molecule has 0 fully saturated rings. The minimum absolute atomic E-state index is 0.108. The molecule has 5 atom stereocenters. The van der Waals surface area contributed by atoms with Crippen molar-refractivity contribution in [1.29, 1.82) is 0 Å². The highest BCUT2D eigenvalue weighted by atomic mass is 31.2. The van der Waals surface area contributed by atoms with E-state index in [2.05, 4.69) is 34.6 Å². The Bertz CT molecular complexity index is 1940. The molecule has 19 heteroatoms. The van der Waals surface area contributed by atoms with Gasteiger partial charge in [0.25, 0.3) is 0 Å². The van der Waals surface area contributed by atoms with Crippen molar-refractivity contribution < 1.29 is 80.2 Å². The summed E-state index contributed by atoms with van der Waals surface area (Å²) in [6.07, 6.45) is 68.0. The summed E-state index contributed by atoms with van der Waals surface area (Å²) in [6.45, 7) is 7.37. The molecule has 0 aromatic heterocycles. The molecule has 0 heterocycles. The second-order valence-electron chi connectivity index (χ2n) is 30.3. The van der Waals surface area contributed by atoms with Crippen LogP contribution in [0.3, 0.4) is 0 Å². The van der Waals surface area contributed by atoms with Crippen LogP contribution in [0.25, 0.3) is 0 Å². The topological polar surface area (TPSA) is 237 Å². The number of carbonyl (C=O) groups is 4. The molecule has 0 bridgehead atoms. The van der Waals surface area contributed by atoms with Gasteiger partial charge in [-0.2, -0.15) is 0 Å². The van der Waals surface area contributed by atoms with Gasteiger partial charge in [-0.1, -0.05) is 394 Å². The van der Waals surface area contributed by atoms with Crippen molar-refractivity contribution in [2.75, 3.05) is 39.6 Å². The van der Waals surface area contributed by atoms with E-state index >= 15 is 0 Å². The summed E-state index contributed by atoms with van der Waals surface area (Å²) in [5.74, 6) is -1.29. The number of ether oxygens (including phenoxy) is 4. The number of unbranched alkanes of at least 4 members (excludes halogenated alkanes) is 55. The Morgan fingerprint density at radius 2 is 0.451 bits per heavy atom. The zero-order valence-corrected chi connectivity index (χ0v) is 68.5. The van der Waals surface area contributed by atoms with Gasteiger partial charge in [0.1, 0.15) is 19.3 Å². The average molecular weight is 1490 g/mol. The van der Waals surface area contributed by atoms with E-state index in [0.717, 1.165) is 95.8 Å². The second-order valence-corrected chi connectivity index (χ2v) is 33.3. The number of esters is 4. The first-order valence-electron chi connectivity index (χ1n) is 43.1. The van der Waals surface area contributed by atoms with E-state index in [1.807, 2.05) is 0 Å². The van der Waals surface area contributed by atoms with Crippen LogP contribution in [0, 0.1) is 5.92 Å². The van der Waals surface area contributed by atoms with Crippen LogP contribution < -0.4 is 0 Å². The molecule has 0 saturated heterocycles. The molecule has 0 aliphatic heterocycles. The molecule has 0 radical (unpaired) electrons. The molecule has 17 nitrogen and oxygen atoms in total. The average Bonchev–Trinajstić information content (AvgIpc) is 1.01. The van der Waals surface area contributed by atoms with Crippen molar-refractivity contribution in [3.63, 3.8) is 0 Å². The Kier molecular flexibility index (Phi) is 74.4. The third kappa shape index (κ3) is 76.3. The monoisotopic (exact) mass is 1490 g/mol. The van der Waals surface area contributed by atoms with Crippen molar-refractivity contribution in [3.05, 3.63) is 0 Å². The Balaban J connectivity index is 5.21. The Morgan fingerprint density at radius 3 is 0.667 bits per heavy atom. The van der Waals surface area contributed by atoms with Gasteiger partial charge in [-0.15, -0.1) is 0 Å². The van der Waals surface area contributed by atoms with Crippen LogP contribution in [-0.4, -0.2) is 96.7 Å². The van der Waals surface area contributed by atoms with E-state index in [1.54, 1.807) is 0 Å². The largest absolute Gasteiger partial charge is 0.472 e. The van der Waals surface area contributed by atoms with E-state index in [-0.39, 0.29) is 25.7 Å². The highest BCUT2D eigenvalue weighted by Gasteiger charge is 2.30. The number of carbonyl (C=O) groups excluding carboxylic acids is 4. The lowest BCUT2D eigenvalue weighted by molar-refractivity contribution is -0.161. The molecular weight excluding hydrogens is 1330 g/mol. The third-order valence-corrected chi connectivity index (χ3v) is 21.4. The van der Waals surface area contributed by atoms with Crippen LogP contribution >= 0.6 is 15.6 Å². The molecule has 0 saturated carbocycles. The predicted molar refractivity (Wildman–Crippen MR) is 418 cm³/mol. The zero-order valence-electron chi connectivity index (χ0n) is 66.8. The summed E-state index contributed by atoms with van der Waals surface area (Å²) in [5.41, 5.74) is 0. The van der Waals surface area contributed by atoms with Crippen LogP contribution in [0.15, 0.2) is 0 Å². The van der Waals surface area contributed by atoms with E-state index in [4.69, 9.17) is 37.0 Å². The number of rotatable bonds is 83. The molecule has 606 valence electrons. The van der Waals surface area contributed by atoms with Gasteiger partial charge >= 0.3 is 39.5 Å². The molecule has 102 heavy (non-hydrogen) atoms. The summed E-state index contributed by atoms with van der Waals surface area (Å²) in [7, 11) is -9.92. The van der Waals surface area contributed by atoms with Crippen molar-refractivity contribution in [3.8, 4) is 0 Å². The van der Waals surface area contributed by atoms with Crippen LogP contribution in [0.2, 0.25) is 0 Å². The smallest absolute Gasteiger partial charge is 0.462 e. The summed E-state index contributed by atoms with van der Waals surface area (Å²) < 4.78 is 68.8. The van der Waals surface area contributed by atoms with Crippen molar-refractivity contribution in [2.24, 2.45) is 5.92 Å². The number of hydrogen-bond acceptors (Lipinski definition) is 15. The van der Waals surface area contributed by atoms with Crippen LogP contribution in [0.1, 0.15) is 446 Å². The molecule has 0 aliphatic rings. The van der Waals surface area contributed by atoms with Gasteiger partial charge in [-0.25, -0.2) is 9.13 Å². The van der Waals surface area contributed by atoms with Crippen molar-refractivity contribution in [1.82, 2.24) is 0 Å². The van der Waals surface area contributed by atoms with Crippen LogP contribution in [-0.2, 0) is 65.4 Å². The number of aliphatic hydroxyl groups is 1. The Hall–Kier alpha value is -1.94. The van der Waals surface area contributed by atoms with Gasteiger partial charge < -0.3 is 33.8 Å². The molecule has 3 N–H and O–H groups in total. The fraction of sp³-hybridized carbons (Fsp3) is 0.952. The van der Waals surface area contributed by atoms with Crippen LogP contribution in [0.5, 0.6) is 0 Å². The van der Waals surface area contributed by atoms with Crippen LogP contribution in [0.4, 0.5) is 0 Å². The fourth-order valence-electron chi connectivity index (χ4n) is 12.9. The quantitative estimate of drug-likeness (QED) is 0.0222. The first kappa shape index (κ1) is 100. The van der Waals surface area contributed by atoms with Gasteiger partial charge in [-0.05, 0) is 31.6 Å². The first-order valence-corrected chi connectivity index (χ1v) is 46.1. The number of phosphoric acid groups is 2. The van der Waals surface area contributed by atoms with E-state index in [9.17, 15) is 43.2 Å². The van der Waals surface area contributed by atoms with Gasteiger partial charge in [-0.3, -0.25) is 37.3 Å². The van der Waals surface area contributed by atoms with E-state index in [1.165, 1.54) is 270 Å². The minimum Gasteiger partial charge on any atom is -0.462 e. The normalized spacial score (nSPS) is 13.8. The van der Waals surface area contributed by atoms with E-state index in [0.29, 0.717) is 25.7 Å². The molecule has 0 aliphatic carbocycles. The lowest BCUT2D eigenvalue weighted by atomic mass is 10.0. The maximum atomic E-state index is 13.1. The Labute approximate surface area is 626 Å². The summed E-state index contributed by atoms with van der Waals surface area (Å²) in [5, 5.41) is 10.6. The maximum absolute atomic E-state index is 13.1. The van der Waals surface area contributed by atoms with Gasteiger partial charge in [0, 0.05) is 25.7 Å². The van der Waals surface area contributed by atoms with E-state index < -0.39 is 97.5 Å². The number of aliphatic hydroxyl groups excluding tert-OH is 1. The molecular formula is C83H162O17P2. The lowest BCUT2D eigenvalue weighted by Gasteiger charge is -2.21. The van der Waals surface area contributed by atoms with Gasteiger partial charge in [0.2, 0.25) is 0 Å². The molecule has 0 spiro atoms. The van der Waals surface area contributed by atoms with Gasteiger partial charge in [0.15, 0.2) is 12.2 Å². The van der Waals surface area contributed by atoms with Crippen molar-refractivity contribution in [2.45, 2.75) is 464 Å². The van der Waals surface area contributed by atoms with Crippen molar-refractivity contribution >= 4 is 39.5 Å². The standard InChI is InChI=1S/C83H162O17P2/c1-6-9-12-15-18-21-24-26-27-28-29-30-31-36-40-44-49-54-59-64-69-83(88)100-79(73-94-81(86)67-62-57-52-47-42-39-35-33-32-34-38-41-45-50-55-60-65-76(4)5)75-98-102(91,92)96-71-77(84)70-95-101(89,90)97-74-78(72-93-80(85)66-61-56-51-46-23-20-17-14-11-8-3)99-82(87)68-63-58-53-48-43-37-25-22-19-16-13-10-7-2/h76-79,84H,6-75H2,1-5H3,(H,89,90)(H,91,92)/t77-,78+,79+/m0/s1. The Morgan fingerprint density at radius 1 is 0.265 bits per heavy atom. The minimum atomic E-state index is -4.96. The lowest BCUT2D eigenvalue weighted by Crippen LogP contribution is -2.30. The summed E-state index contributed by atoms with van der Waals surface area (Å²) in [4.78, 5) is 73.1.